The molecule has 0 rings (SSSR count). The Morgan fingerprint density at radius 1 is 0.328 bits per heavy atom. The molecule has 0 bridgehead atoms. The highest BCUT2D eigenvalue weighted by atomic mass is 16.6. The number of rotatable bonds is 48. The molecule has 0 radical (unpaired) electrons. The summed E-state index contributed by atoms with van der Waals surface area (Å²) in [6.07, 6.45) is 66.0. The van der Waals surface area contributed by atoms with E-state index in [1.54, 1.807) is 0 Å². The molecular weight excluding hydrogens is 793 g/mol. The van der Waals surface area contributed by atoms with Gasteiger partial charge < -0.3 is 14.2 Å². The van der Waals surface area contributed by atoms with E-state index < -0.39 is 6.10 Å². The van der Waals surface area contributed by atoms with Gasteiger partial charge in [-0.3, -0.25) is 14.4 Å². The fourth-order valence-corrected chi connectivity index (χ4v) is 7.40. The second kappa shape index (κ2) is 52.5. The maximum Gasteiger partial charge on any atom is 0.306 e. The van der Waals surface area contributed by atoms with Gasteiger partial charge in [0.15, 0.2) is 6.10 Å². The lowest BCUT2D eigenvalue weighted by molar-refractivity contribution is -0.167. The molecule has 0 aromatic rings. The Balaban J connectivity index is 4.47. The Hall–Kier alpha value is -3.15. The summed E-state index contributed by atoms with van der Waals surface area (Å²) in [6, 6.07) is 0. The number of hydrogen-bond donors (Lipinski definition) is 0. The van der Waals surface area contributed by atoms with Gasteiger partial charge in [-0.1, -0.05) is 235 Å². The largest absolute Gasteiger partial charge is 0.462 e. The molecule has 6 nitrogen and oxygen atoms in total. The molecule has 0 aromatic carbocycles. The second-order valence-electron chi connectivity index (χ2n) is 17.8. The minimum Gasteiger partial charge on any atom is -0.462 e. The number of carbonyl (C=O) groups is 3. The van der Waals surface area contributed by atoms with Crippen LogP contribution in [0.1, 0.15) is 258 Å². The molecule has 0 fully saturated rings. The van der Waals surface area contributed by atoms with Crippen molar-refractivity contribution in [2.45, 2.75) is 264 Å². The third kappa shape index (κ3) is 49.9. The highest BCUT2D eigenvalue weighted by Gasteiger charge is 2.19. The smallest absolute Gasteiger partial charge is 0.306 e. The number of esters is 3. The van der Waals surface area contributed by atoms with Gasteiger partial charge in [-0.15, -0.1) is 0 Å². The van der Waals surface area contributed by atoms with Gasteiger partial charge in [0.05, 0.1) is 0 Å². The van der Waals surface area contributed by atoms with Gasteiger partial charge in [0.2, 0.25) is 0 Å². The van der Waals surface area contributed by atoms with Crippen LogP contribution >= 0.6 is 0 Å². The molecule has 0 amide bonds. The Bertz CT molecular complexity index is 1210. The summed E-state index contributed by atoms with van der Waals surface area (Å²) >= 11 is 0. The van der Waals surface area contributed by atoms with Crippen molar-refractivity contribution in [3.8, 4) is 0 Å². The van der Waals surface area contributed by atoms with Gasteiger partial charge in [0.1, 0.15) is 13.2 Å². The average molecular weight is 893 g/mol. The Morgan fingerprint density at radius 3 is 1.05 bits per heavy atom. The predicted molar refractivity (Wildman–Crippen MR) is 274 cm³/mol. The molecule has 0 aliphatic carbocycles. The molecule has 0 heterocycles. The van der Waals surface area contributed by atoms with Crippen molar-refractivity contribution >= 4 is 17.9 Å². The number of allylic oxidation sites excluding steroid dienone is 12. The number of ether oxygens (including phenoxy) is 3. The molecule has 6 heteroatoms. The van der Waals surface area contributed by atoms with E-state index in [1.807, 2.05) is 0 Å². The molecule has 0 aliphatic heterocycles. The average Bonchev–Trinajstić information content (AvgIpc) is 3.29. The fraction of sp³-hybridized carbons (Fsp3) is 0.741. The minimum atomic E-state index is -0.808. The molecular formula is C58H100O6. The zero-order chi connectivity index (χ0) is 46.5. The van der Waals surface area contributed by atoms with Gasteiger partial charge in [0.25, 0.3) is 0 Å². The molecule has 0 saturated carbocycles. The third-order valence-electron chi connectivity index (χ3n) is 11.5. The number of unbranched alkanes of at least 4 members (excludes halogenated alkanes) is 27. The first-order valence-corrected chi connectivity index (χ1v) is 27.0. The van der Waals surface area contributed by atoms with Crippen molar-refractivity contribution in [2.24, 2.45) is 0 Å². The summed E-state index contributed by atoms with van der Waals surface area (Å²) in [5.74, 6) is -0.971. The van der Waals surface area contributed by atoms with Gasteiger partial charge in [-0.2, -0.15) is 0 Å². The van der Waals surface area contributed by atoms with Gasteiger partial charge >= 0.3 is 17.9 Å². The molecule has 0 spiro atoms. The third-order valence-corrected chi connectivity index (χ3v) is 11.5. The van der Waals surface area contributed by atoms with Crippen LogP contribution in [-0.4, -0.2) is 37.2 Å². The monoisotopic (exact) mass is 893 g/mol. The molecule has 0 aromatic heterocycles. The van der Waals surface area contributed by atoms with Gasteiger partial charge in [0, 0.05) is 19.3 Å². The molecule has 1 unspecified atom stereocenters. The fourth-order valence-electron chi connectivity index (χ4n) is 7.40. The van der Waals surface area contributed by atoms with Crippen molar-refractivity contribution in [1.29, 1.82) is 0 Å². The van der Waals surface area contributed by atoms with Crippen LogP contribution < -0.4 is 0 Å². The van der Waals surface area contributed by atoms with Crippen LogP contribution in [0.4, 0.5) is 0 Å². The maximum atomic E-state index is 12.8. The van der Waals surface area contributed by atoms with Crippen LogP contribution in [0.15, 0.2) is 72.9 Å². The van der Waals surface area contributed by atoms with Crippen LogP contribution in [0.5, 0.6) is 0 Å². The summed E-state index contributed by atoms with van der Waals surface area (Å²) in [7, 11) is 0. The molecule has 0 N–H and O–H groups in total. The first-order chi connectivity index (χ1) is 31.5. The molecule has 64 heavy (non-hydrogen) atoms. The van der Waals surface area contributed by atoms with Gasteiger partial charge in [-0.25, -0.2) is 0 Å². The predicted octanol–water partition coefficient (Wildman–Crippen LogP) is 17.8. The summed E-state index contributed by atoms with van der Waals surface area (Å²) in [4.78, 5) is 38.0. The molecule has 0 aliphatic rings. The number of carbonyl (C=O) groups excluding carboxylic acids is 3. The van der Waals surface area contributed by atoms with E-state index in [2.05, 4.69) is 93.7 Å². The van der Waals surface area contributed by atoms with E-state index in [1.165, 1.54) is 128 Å². The molecule has 368 valence electrons. The highest BCUT2D eigenvalue weighted by Crippen LogP contribution is 2.14. The first-order valence-electron chi connectivity index (χ1n) is 27.0. The summed E-state index contributed by atoms with van der Waals surface area (Å²) < 4.78 is 16.7. The Morgan fingerprint density at radius 2 is 0.641 bits per heavy atom. The lowest BCUT2D eigenvalue weighted by Gasteiger charge is -2.18. The quantitative estimate of drug-likeness (QED) is 0.0199. The summed E-state index contributed by atoms with van der Waals surface area (Å²) in [6.45, 7) is 6.55. The molecule has 1 atom stereocenters. The second-order valence-corrected chi connectivity index (χ2v) is 17.8. The minimum absolute atomic E-state index is 0.101. The van der Waals surface area contributed by atoms with E-state index >= 15 is 0 Å². The Kier molecular flexibility index (Phi) is 49.9. The first kappa shape index (κ1) is 60.9. The molecule has 0 saturated heterocycles. The maximum absolute atomic E-state index is 12.8. The normalized spacial score (nSPS) is 12.6. The zero-order valence-electron chi connectivity index (χ0n) is 42.0. The lowest BCUT2D eigenvalue weighted by Crippen LogP contribution is -2.30. The summed E-state index contributed by atoms with van der Waals surface area (Å²) in [5, 5.41) is 0. The number of hydrogen-bond acceptors (Lipinski definition) is 6. The topological polar surface area (TPSA) is 78.9 Å². The van der Waals surface area contributed by atoms with E-state index in [4.69, 9.17) is 14.2 Å². The van der Waals surface area contributed by atoms with E-state index in [0.717, 1.165) is 83.5 Å². The van der Waals surface area contributed by atoms with Crippen molar-refractivity contribution in [3.05, 3.63) is 72.9 Å². The van der Waals surface area contributed by atoms with E-state index in [9.17, 15) is 14.4 Å². The standard InChI is InChI=1S/C58H100O6/c1-4-7-10-13-16-19-22-24-26-28-30-31-33-36-39-42-45-48-51-57(60)63-54-55(53-62-56(59)50-47-44-41-38-35-21-18-15-12-9-6-3)64-58(61)52-49-46-43-40-37-34-32-29-27-25-23-20-17-14-11-8-5-2/h22,24-28,30-32,34,40,43,55H,4-21,23,29,33,35-39,41-42,44-54H2,1-3H3/b24-22-,27-25-,28-26-,31-30-,34-32-,43-40-. The lowest BCUT2D eigenvalue weighted by atomic mass is 10.1. The van der Waals surface area contributed by atoms with Crippen LogP contribution in [0.25, 0.3) is 0 Å². The van der Waals surface area contributed by atoms with Crippen LogP contribution in [0.3, 0.4) is 0 Å². The SMILES string of the molecule is CCCCCCC\C=C/C=C\C=C/CCCCCCCC(=O)OCC(COC(=O)CCCCCCCCCCCCC)OC(=O)CCC/C=C\C/C=C\C/C=C\CCCCCCCC. The van der Waals surface area contributed by atoms with E-state index in [0.29, 0.717) is 19.3 Å². The van der Waals surface area contributed by atoms with Crippen LogP contribution in [-0.2, 0) is 28.6 Å². The van der Waals surface area contributed by atoms with Crippen LogP contribution in [0.2, 0.25) is 0 Å². The van der Waals surface area contributed by atoms with Crippen molar-refractivity contribution < 1.29 is 28.6 Å². The highest BCUT2D eigenvalue weighted by molar-refractivity contribution is 5.71. The Labute approximate surface area is 395 Å². The van der Waals surface area contributed by atoms with Gasteiger partial charge in [-0.05, 0) is 77.0 Å². The summed E-state index contributed by atoms with van der Waals surface area (Å²) in [5.41, 5.74) is 0. The van der Waals surface area contributed by atoms with Crippen molar-refractivity contribution in [2.75, 3.05) is 13.2 Å². The zero-order valence-corrected chi connectivity index (χ0v) is 42.0. The van der Waals surface area contributed by atoms with Crippen molar-refractivity contribution in [1.82, 2.24) is 0 Å². The van der Waals surface area contributed by atoms with Crippen LogP contribution in [0, 0.1) is 0 Å². The van der Waals surface area contributed by atoms with E-state index in [-0.39, 0.29) is 37.5 Å². The van der Waals surface area contributed by atoms with Crippen molar-refractivity contribution in [3.63, 3.8) is 0 Å².